The zero-order chi connectivity index (χ0) is 14.6. The molecule has 2 nitrogen and oxygen atoms in total. The summed E-state index contributed by atoms with van der Waals surface area (Å²) in [4.78, 5) is 12.0. The monoisotopic (exact) mass is 345 g/mol. The van der Waals surface area contributed by atoms with Crippen molar-refractivity contribution in [3.8, 4) is 0 Å². The third-order valence-corrected chi connectivity index (χ3v) is 5.20. The fourth-order valence-corrected chi connectivity index (χ4v) is 3.49. The average Bonchev–Trinajstić information content (AvgIpc) is 2.46. The van der Waals surface area contributed by atoms with Gasteiger partial charge in [-0.2, -0.15) is 0 Å². The summed E-state index contributed by atoms with van der Waals surface area (Å²) in [6, 6.07) is 3.44. The van der Waals surface area contributed by atoms with Crippen LogP contribution in [0.5, 0.6) is 0 Å². The van der Waals surface area contributed by atoms with Gasteiger partial charge in [-0.15, -0.1) is 0 Å². The Bertz CT molecular complexity index is 467. The van der Waals surface area contributed by atoms with E-state index in [0.717, 1.165) is 43.1 Å². The summed E-state index contributed by atoms with van der Waals surface area (Å²) >= 11 is 3.50. The summed E-state index contributed by atoms with van der Waals surface area (Å²) in [5.74, 6) is -2.32. The van der Waals surface area contributed by atoms with Gasteiger partial charge in [-0.1, -0.05) is 41.3 Å². The lowest BCUT2D eigenvalue weighted by molar-refractivity contribution is 0.0913. The molecule has 1 N–H and O–H groups in total. The highest BCUT2D eigenvalue weighted by Crippen LogP contribution is 2.37. The van der Waals surface area contributed by atoms with Gasteiger partial charge in [0.15, 0.2) is 0 Å². The van der Waals surface area contributed by atoms with Crippen LogP contribution in [0, 0.1) is 17.0 Å². The molecule has 0 saturated heterocycles. The summed E-state index contributed by atoms with van der Waals surface area (Å²) in [5, 5.41) is 3.48. The van der Waals surface area contributed by atoms with E-state index < -0.39 is 23.1 Å². The van der Waals surface area contributed by atoms with E-state index in [9.17, 15) is 13.6 Å². The molecule has 1 aliphatic rings. The Labute approximate surface area is 126 Å². The predicted molar refractivity (Wildman–Crippen MR) is 78.0 cm³/mol. The zero-order valence-electron chi connectivity index (χ0n) is 11.2. The molecule has 5 heteroatoms. The Morgan fingerprint density at radius 1 is 1.20 bits per heavy atom. The van der Waals surface area contributed by atoms with Gasteiger partial charge >= 0.3 is 0 Å². The highest BCUT2D eigenvalue weighted by molar-refractivity contribution is 9.09. The molecule has 110 valence electrons. The molecule has 0 spiro atoms. The molecule has 0 unspecified atom stereocenters. The Morgan fingerprint density at radius 3 is 2.35 bits per heavy atom. The largest absolute Gasteiger partial charge is 0.351 e. The molecule has 1 fully saturated rings. The minimum atomic E-state index is -0.820. The van der Waals surface area contributed by atoms with Crippen molar-refractivity contribution < 1.29 is 13.6 Å². The molecule has 0 radical (unpaired) electrons. The number of halogens is 3. The Morgan fingerprint density at radius 2 is 1.80 bits per heavy atom. The molecule has 1 aliphatic carbocycles. The molecule has 0 heterocycles. The Balaban J connectivity index is 2.04. The maximum absolute atomic E-state index is 13.5. The summed E-state index contributed by atoms with van der Waals surface area (Å²) in [5.41, 5.74) is -0.483. The SMILES string of the molecule is O=C(NCC1(CBr)CCCCC1)c1c(F)cccc1F. The van der Waals surface area contributed by atoms with E-state index in [1.165, 1.54) is 12.5 Å². The lowest BCUT2D eigenvalue weighted by Crippen LogP contribution is -2.40. The fraction of sp³-hybridized carbons (Fsp3) is 0.533. The van der Waals surface area contributed by atoms with E-state index in [1.54, 1.807) is 0 Å². The van der Waals surface area contributed by atoms with Gasteiger partial charge < -0.3 is 5.32 Å². The molecule has 1 aromatic rings. The van der Waals surface area contributed by atoms with Crippen LogP contribution in [0.15, 0.2) is 18.2 Å². The topological polar surface area (TPSA) is 29.1 Å². The van der Waals surface area contributed by atoms with Crippen molar-refractivity contribution in [1.29, 1.82) is 0 Å². The molecule has 2 rings (SSSR count). The molecule has 1 saturated carbocycles. The highest BCUT2D eigenvalue weighted by Gasteiger charge is 2.31. The number of benzene rings is 1. The standard InChI is InChI=1S/C15H18BrF2NO/c16-9-15(7-2-1-3-8-15)10-19-14(20)13-11(17)5-4-6-12(13)18/h4-6H,1-3,7-10H2,(H,19,20). The van der Waals surface area contributed by atoms with Crippen molar-refractivity contribution in [2.75, 3.05) is 11.9 Å². The van der Waals surface area contributed by atoms with Gasteiger partial charge in [-0.05, 0) is 30.4 Å². The second-order valence-electron chi connectivity index (χ2n) is 5.47. The van der Waals surface area contributed by atoms with Gasteiger partial charge in [0.25, 0.3) is 5.91 Å². The number of carbonyl (C=O) groups excluding carboxylic acids is 1. The van der Waals surface area contributed by atoms with E-state index in [-0.39, 0.29) is 5.41 Å². The molecule has 20 heavy (non-hydrogen) atoms. The van der Waals surface area contributed by atoms with Crippen LogP contribution in [-0.4, -0.2) is 17.8 Å². The molecule has 1 amide bonds. The number of nitrogens with one attached hydrogen (secondary N) is 1. The van der Waals surface area contributed by atoms with E-state index >= 15 is 0 Å². The van der Waals surface area contributed by atoms with Crippen LogP contribution in [0.4, 0.5) is 8.78 Å². The average molecular weight is 346 g/mol. The second kappa shape index (κ2) is 6.66. The lowest BCUT2D eigenvalue weighted by Gasteiger charge is -2.35. The third-order valence-electron chi connectivity index (χ3n) is 4.01. The van der Waals surface area contributed by atoms with Gasteiger partial charge in [0.05, 0.1) is 0 Å². The fourth-order valence-electron chi connectivity index (χ4n) is 2.73. The van der Waals surface area contributed by atoms with Gasteiger partial charge in [-0.25, -0.2) is 8.78 Å². The van der Waals surface area contributed by atoms with Crippen molar-refractivity contribution in [3.63, 3.8) is 0 Å². The lowest BCUT2D eigenvalue weighted by atomic mass is 9.75. The Kier molecular flexibility index (Phi) is 5.13. The normalized spacial score (nSPS) is 17.8. The number of hydrogen-bond donors (Lipinski definition) is 1. The predicted octanol–water partition coefficient (Wildman–Crippen LogP) is 4.04. The first-order chi connectivity index (χ1) is 9.58. The first-order valence-electron chi connectivity index (χ1n) is 6.86. The van der Waals surface area contributed by atoms with Crippen molar-refractivity contribution in [3.05, 3.63) is 35.4 Å². The second-order valence-corrected chi connectivity index (χ2v) is 6.03. The third kappa shape index (κ3) is 3.37. The smallest absolute Gasteiger partial charge is 0.257 e. The van der Waals surface area contributed by atoms with Crippen LogP contribution in [0.2, 0.25) is 0 Å². The van der Waals surface area contributed by atoms with Crippen molar-refractivity contribution in [2.24, 2.45) is 5.41 Å². The van der Waals surface area contributed by atoms with E-state index in [2.05, 4.69) is 21.2 Å². The molecular weight excluding hydrogens is 328 g/mol. The minimum absolute atomic E-state index is 0.00957. The maximum atomic E-state index is 13.5. The van der Waals surface area contributed by atoms with Crippen molar-refractivity contribution in [1.82, 2.24) is 5.32 Å². The molecule has 0 atom stereocenters. The van der Waals surface area contributed by atoms with Crippen LogP contribution in [0.25, 0.3) is 0 Å². The molecule has 0 bridgehead atoms. The Hall–Kier alpha value is -0.970. The first kappa shape index (κ1) is 15.4. The van der Waals surface area contributed by atoms with Crippen molar-refractivity contribution >= 4 is 21.8 Å². The van der Waals surface area contributed by atoms with Gasteiger partial charge in [0.2, 0.25) is 0 Å². The highest BCUT2D eigenvalue weighted by atomic mass is 79.9. The summed E-state index contributed by atoms with van der Waals surface area (Å²) in [7, 11) is 0. The summed E-state index contributed by atoms with van der Waals surface area (Å²) in [6.07, 6.45) is 5.53. The quantitative estimate of drug-likeness (QED) is 0.819. The van der Waals surface area contributed by atoms with E-state index in [0.29, 0.717) is 6.54 Å². The number of carbonyl (C=O) groups is 1. The van der Waals surface area contributed by atoms with Crippen LogP contribution >= 0.6 is 15.9 Å². The molecular formula is C15H18BrF2NO. The number of alkyl halides is 1. The van der Waals surface area contributed by atoms with E-state index in [4.69, 9.17) is 0 Å². The van der Waals surface area contributed by atoms with Gasteiger partial charge in [0.1, 0.15) is 17.2 Å². The minimum Gasteiger partial charge on any atom is -0.351 e. The van der Waals surface area contributed by atoms with E-state index in [1.807, 2.05) is 0 Å². The maximum Gasteiger partial charge on any atom is 0.257 e. The van der Waals surface area contributed by atoms with Crippen LogP contribution in [0.3, 0.4) is 0 Å². The van der Waals surface area contributed by atoms with Gasteiger partial charge in [0, 0.05) is 11.9 Å². The van der Waals surface area contributed by atoms with Crippen molar-refractivity contribution in [2.45, 2.75) is 32.1 Å². The molecule has 0 aromatic heterocycles. The van der Waals surface area contributed by atoms with Gasteiger partial charge in [-0.3, -0.25) is 4.79 Å². The van der Waals surface area contributed by atoms with Crippen LogP contribution in [-0.2, 0) is 0 Å². The first-order valence-corrected chi connectivity index (χ1v) is 7.98. The molecule has 1 aromatic carbocycles. The number of rotatable bonds is 4. The number of amides is 1. The summed E-state index contributed by atoms with van der Waals surface area (Å²) in [6.45, 7) is 0.449. The number of hydrogen-bond acceptors (Lipinski definition) is 1. The van der Waals surface area contributed by atoms with Crippen LogP contribution < -0.4 is 5.32 Å². The van der Waals surface area contributed by atoms with Crippen LogP contribution in [0.1, 0.15) is 42.5 Å². The molecule has 0 aliphatic heterocycles. The zero-order valence-corrected chi connectivity index (χ0v) is 12.8. The summed E-state index contributed by atoms with van der Waals surface area (Å²) < 4.78 is 27.1.